The van der Waals surface area contributed by atoms with E-state index in [-0.39, 0.29) is 22.2 Å². The van der Waals surface area contributed by atoms with E-state index in [2.05, 4.69) is 5.32 Å². The van der Waals surface area contributed by atoms with Gasteiger partial charge in [-0.25, -0.2) is 8.42 Å². The Bertz CT molecular complexity index is 967. The van der Waals surface area contributed by atoms with Crippen molar-refractivity contribution in [2.75, 3.05) is 18.4 Å². The second-order valence-electron chi connectivity index (χ2n) is 7.58. The van der Waals surface area contributed by atoms with E-state index in [0.717, 1.165) is 6.42 Å². The molecule has 0 aliphatic carbocycles. The minimum absolute atomic E-state index is 0.00661. The molecule has 6 nitrogen and oxygen atoms in total. The van der Waals surface area contributed by atoms with E-state index in [9.17, 15) is 22.0 Å². The van der Waals surface area contributed by atoms with Crippen LogP contribution in [0.15, 0.2) is 45.7 Å². The zero-order valence-electron chi connectivity index (χ0n) is 16.7. The van der Waals surface area contributed by atoms with E-state index in [4.69, 9.17) is 4.42 Å². The molecule has 1 aromatic heterocycles. The Hall–Kier alpha value is -1.91. The highest BCUT2D eigenvalue weighted by Gasteiger charge is 2.31. The molecule has 0 radical (unpaired) electrons. The molecule has 2 atom stereocenters. The number of alkyl halides is 2. The van der Waals surface area contributed by atoms with Crippen LogP contribution < -0.4 is 5.32 Å². The summed E-state index contributed by atoms with van der Waals surface area (Å²) in [5.74, 6) is -2.22. The summed E-state index contributed by atoms with van der Waals surface area (Å²) >= 11 is 0.409. The van der Waals surface area contributed by atoms with Crippen LogP contribution in [0, 0.1) is 11.8 Å². The predicted molar refractivity (Wildman–Crippen MR) is 112 cm³/mol. The molecule has 1 aliphatic rings. The van der Waals surface area contributed by atoms with Crippen molar-refractivity contribution in [3.8, 4) is 0 Å². The first-order valence-electron chi connectivity index (χ1n) is 9.55. The van der Waals surface area contributed by atoms with Gasteiger partial charge in [-0.2, -0.15) is 13.1 Å². The Balaban J connectivity index is 1.65. The van der Waals surface area contributed by atoms with Crippen LogP contribution in [0.2, 0.25) is 0 Å². The lowest BCUT2D eigenvalue weighted by Gasteiger charge is -2.34. The lowest BCUT2D eigenvalue weighted by Crippen LogP contribution is -2.42. The molecule has 1 aromatic carbocycles. The summed E-state index contributed by atoms with van der Waals surface area (Å²) in [6, 6.07) is 8.83. The standard InChI is InChI=1S/C20H24F2N2O4S2/c1-13-9-14(2)11-24(10-13)30(26,27)17-6-3-15(4-7-17)23-19(25)18-8-5-16(28-18)12-29-20(21)22/h3-8,13-14,20H,9-12H2,1-2H3,(H,23,25). The average Bonchev–Trinajstić information content (AvgIpc) is 3.15. The van der Waals surface area contributed by atoms with Crippen LogP contribution in [-0.2, 0) is 15.8 Å². The molecule has 2 heterocycles. The number of carbonyl (C=O) groups excluding carboxylic acids is 1. The summed E-state index contributed by atoms with van der Waals surface area (Å²) in [6.45, 7) is 5.08. The number of halogens is 2. The molecule has 2 aromatic rings. The fourth-order valence-electron chi connectivity index (χ4n) is 3.58. The van der Waals surface area contributed by atoms with Gasteiger partial charge in [0.05, 0.1) is 10.6 Å². The number of carbonyl (C=O) groups is 1. The highest BCUT2D eigenvalue weighted by Crippen LogP contribution is 2.27. The zero-order chi connectivity index (χ0) is 21.9. The highest BCUT2D eigenvalue weighted by molar-refractivity contribution is 7.98. The number of benzene rings is 1. The molecule has 2 unspecified atom stereocenters. The van der Waals surface area contributed by atoms with Gasteiger partial charge < -0.3 is 9.73 Å². The van der Waals surface area contributed by atoms with Crippen molar-refractivity contribution in [2.45, 2.75) is 36.7 Å². The molecule has 164 valence electrons. The molecule has 30 heavy (non-hydrogen) atoms. The molecular formula is C20H24F2N2O4S2. The number of sulfonamides is 1. The normalized spacial score (nSPS) is 20.4. The van der Waals surface area contributed by atoms with Crippen LogP contribution >= 0.6 is 11.8 Å². The summed E-state index contributed by atoms with van der Waals surface area (Å²) in [4.78, 5) is 12.5. The lowest BCUT2D eigenvalue weighted by molar-refractivity contribution is 0.0995. The maximum absolute atomic E-state index is 12.9. The number of amides is 1. The van der Waals surface area contributed by atoms with Gasteiger partial charge in [0.25, 0.3) is 11.7 Å². The van der Waals surface area contributed by atoms with E-state index in [0.29, 0.717) is 42.4 Å². The summed E-state index contributed by atoms with van der Waals surface area (Å²) in [6.07, 6.45) is 1.01. The number of nitrogens with zero attached hydrogens (tertiary/aromatic N) is 1. The van der Waals surface area contributed by atoms with Gasteiger partial charge in [-0.3, -0.25) is 4.79 Å². The number of hydrogen-bond acceptors (Lipinski definition) is 5. The van der Waals surface area contributed by atoms with Crippen LogP contribution in [0.4, 0.5) is 14.5 Å². The largest absolute Gasteiger partial charge is 0.455 e. The quantitative estimate of drug-likeness (QED) is 0.653. The van der Waals surface area contributed by atoms with Gasteiger partial charge in [-0.1, -0.05) is 25.6 Å². The first kappa shape index (κ1) is 22.8. The predicted octanol–water partition coefficient (Wildman–Crippen LogP) is 4.65. The highest BCUT2D eigenvalue weighted by atomic mass is 32.2. The third kappa shape index (κ3) is 5.61. The minimum Gasteiger partial charge on any atom is -0.455 e. The van der Waals surface area contributed by atoms with E-state index in [1.807, 2.05) is 13.8 Å². The molecular weight excluding hydrogens is 434 g/mol. The first-order chi connectivity index (χ1) is 14.1. The van der Waals surface area contributed by atoms with E-state index >= 15 is 0 Å². The Morgan fingerprint density at radius 2 is 1.80 bits per heavy atom. The maximum Gasteiger partial charge on any atom is 0.291 e. The number of piperidine rings is 1. The first-order valence-corrected chi connectivity index (χ1v) is 12.0. The van der Waals surface area contributed by atoms with Gasteiger partial charge in [0.2, 0.25) is 10.0 Å². The number of furan rings is 1. The summed E-state index contributed by atoms with van der Waals surface area (Å²) < 4.78 is 57.1. The number of anilines is 1. The number of nitrogens with one attached hydrogen (secondary N) is 1. The van der Waals surface area contributed by atoms with Gasteiger partial charge in [0.15, 0.2) is 5.76 Å². The van der Waals surface area contributed by atoms with E-state index in [1.165, 1.54) is 40.7 Å². The van der Waals surface area contributed by atoms with Crippen molar-refractivity contribution in [2.24, 2.45) is 11.8 Å². The van der Waals surface area contributed by atoms with Crippen LogP contribution in [0.25, 0.3) is 0 Å². The minimum atomic E-state index is -3.60. The van der Waals surface area contributed by atoms with Gasteiger partial charge in [-0.05, 0) is 54.7 Å². The monoisotopic (exact) mass is 458 g/mol. The molecule has 0 bridgehead atoms. The van der Waals surface area contributed by atoms with Crippen LogP contribution in [0.5, 0.6) is 0 Å². The molecule has 10 heteroatoms. The van der Waals surface area contributed by atoms with Gasteiger partial charge in [0, 0.05) is 18.8 Å². The molecule has 0 saturated carbocycles. The van der Waals surface area contributed by atoms with Crippen molar-refractivity contribution in [3.05, 3.63) is 47.9 Å². The summed E-state index contributed by atoms with van der Waals surface area (Å²) in [5, 5.41) is 2.61. The van der Waals surface area contributed by atoms with Crippen molar-refractivity contribution in [1.29, 1.82) is 0 Å². The fourth-order valence-corrected chi connectivity index (χ4v) is 5.70. The van der Waals surface area contributed by atoms with Crippen LogP contribution in [-0.4, -0.2) is 37.5 Å². The molecule has 1 fully saturated rings. The molecule has 1 amide bonds. The number of hydrogen-bond donors (Lipinski definition) is 1. The molecule has 1 N–H and O–H groups in total. The topological polar surface area (TPSA) is 79.6 Å². The SMILES string of the molecule is CC1CC(C)CN(S(=O)(=O)c2ccc(NC(=O)c3ccc(CSC(F)F)o3)cc2)C1. The molecule has 0 spiro atoms. The number of rotatable bonds is 7. The third-order valence-corrected chi connectivity index (χ3v) is 7.37. The zero-order valence-corrected chi connectivity index (χ0v) is 18.3. The Morgan fingerprint density at radius 3 is 2.40 bits per heavy atom. The van der Waals surface area contributed by atoms with E-state index in [1.54, 1.807) is 0 Å². The third-order valence-electron chi connectivity index (χ3n) is 4.82. The second kappa shape index (κ2) is 9.49. The van der Waals surface area contributed by atoms with Gasteiger partial charge in [0.1, 0.15) is 5.76 Å². The van der Waals surface area contributed by atoms with Crippen molar-refractivity contribution >= 4 is 33.4 Å². The second-order valence-corrected chi connectivity index (χ2v) is 10.5. The smallest absolute Gasteiger partial charge is 0.291 e. The lowest BCUT2D eigenvalue weighted by atomic mass is 9.94. The summed E-state index contributed by atoms with van der Waals surface area (Å²) in [5.41, 5.74) is 0.402. The molecule has 1 saturated heterocycles. The number of thioether (sulfide) groups is 1. The van der Waals surface area contributed by atoms with Gasteiger partial charge >= 0.3 is 0 Å². The van der Waals surface area contributed by atoms with Crippen molar-refractivity contribution in [1.82, 2.24) is 4.31 Å². The Morgan fingerprint density at radius 1 is 1.17 bits per heavy atom. The molecule has 1 aliphatic heterocycles. The fraction of sp³-hybridized carbons (Fsp3) is 0.450. The average molecular weight is 459 g/mol. The molecule has 3 rings (SSSR count). The van der Waals surface area contributed by atoms with E-state index < -0.39 is 21.7 Å². The van der Waals surface area contributed by atoms with Gasteiger partial charge in [-0.15, -0.1) is 0 Å². The summed E-state index contributed by atoms with van der Waals surface area (Å²) in [7, 11) is -3.60. The maximum atomic E-state index is 12.9. The van der Waals surface area contributed by atoms with Crippen molar-refractivity contribution < 1.29 is 26.4 Å². The van der Waals surface area contributed by atoms with Crippen molar-refractivity contribution in [3.63, 3.8) is 0 Å². The Labute approximate surface area is 179 Å². The van der Waals surface area contributed by atoms with Crippen LogP contribution in [0.1, 0.15) is 36.6 Å². The Kier molecular flexibility index (Phi) is 7.20. The van der Waals surface area contributed by atoms with Crippen LogP contribution in [0.3, 0.4) is 0 Å².